The standard InChI is InChI=1S/C15H15N5O4/c21-12(22)8-20-13(23)11(19-15(20)24)6-3-7-16-14-17-9-4-1-2-5-10(9)18-14/h1-6,23H,7-8H2,(H,19,24)(H,21,22)(H2,16,17,18). The smallest absolute Gasteiger partial charge is 0.329 e. The Morgan fingerprint density at radius 1 is 1.33 bits per heavy atom. The van der Waals surface area contributed by atoms with Crippen LogP contribution in [-0.4, -0.2) is 42.2 Å². The molecule has 0 aliphatic carbocycles. The first-order chi connectivity index (χ1) is 11.5. The van der Waals surface area contributed by atoms with Crippen molar-refractivity contribution >= 4 is 29.0 Å². The number of aromatic hydroxyl groups is 1. The molecule has 9 heteroatoms. The highest BCUT2D eigenvalue weighted by Crippen LogP contribution is 2.15. The Morgan fingerprint density at radius 2 is 2.12 bits per heavy atom. The molecule has 0 saturated carbocycles. The van der Waals surface area contributed by atoms with Crippen molar-refractivity contribution in [3.8, 4) is 5.88 Å². The number of carboxylic acid groups (broad SMARTS) is 1. The van der Waals surface area contributed by atoms with Crippen LogP contribution >= 0.6 is 0 Å². The molecule has 5 N–H and O–H groups in total. The monoisotopic (exact) mass is 329 g/mol. The van der Waals surface area contributed by atoms with Crippen LogP contribution in [0.3, 0.4) is 0 Å². The number of H-pyrrole nitrogens is 2. The van der Waals surface area contributed by atoms with Gasteiger partial charge in [0, 0.05) is 6.54 Å². The quantitative estimate of drug-likeness (QED) is 0.457. The first-order valence-corrected chi connectivity index (χ1v) is 7.13. The van der Waals surface area contributed by atoms with E-state index >= 15 is 0 Å². The molecule has 24 heavy (non-hydrogen) atoms. The van der Waals surface area contributed by atoms with Gasteiger partial charge in [-0.3, -0.25) is 9.36 Å². The van der Waals surface area contributed by atoms with Gasteiger partial charge in [-0.15, -0.1) is 0 Å². The van der Waals surface area contributed by atoms with Gasteiger partial charge in [-0.05, 0) is 18.2 Å². The van der Waals surface area contributed by atoms with Gasteiger partial charge in [-0.2, -0.15) is 0 Å². The Balaban J connectivity index is 1.66. The summed E-state index contributed by atoms with van der Waals surface area (Å²) in [6, 6.07) is 7.61. The normalized spacial score (nSPS) is 11.3. The van der Waals surface area contributed by atoms with Gasteiger partial charge in [-0.1, -0.05) is 18.2 Å². The highest BCUT2D eigenvalue weighted by molar-refractivity contribution is 5.77. The maximum Gasteiger partial charge on any atom is 0.329 e. The van der Waals surface area contributed by atoms with Gasteiger partial charge in [-0.25, -0.2) is 9.78 Å². The number of imidazole rings is 2. The molecule has 9 nitrogen and oxygen atoms in total. The lowest BCUT2D eigenvalue weighted by atomic mass is 10.3. The number of nitrogens with one attached hydrogen (secondary N) is 3. The summed E-state index contributed by atoms with van der Waals surface area (Å²) < 4.78 is 0.745. The van der Waals surface area contributed by atoms with E-state index in [2.05, 4.69) is 20.3 Å². The molecule has 0 fully saturated rings. The van der Waals surface area contributed by atoms with Gasteiger partial charge < -0.3 is 25.5 Å². The lowest BCUT2D eigenvalue weighted by molar-refractivity contribution is -0.137. The number of fused-ring (bicyclic) bond motifs is 1. The minimum Gasteiger partial charge on any atom is -0.493 e. The van der Waals surface area contributed by atoms with Crippen LogP contribution in [0.5, 0.6) is 5.88 Å². The van der Waals surface area contributed by atoms with Crippen LogP contribution in [0.1, 0.15) is 5.69 Å². The van der Waals surface area contributed by atoms with Crippen molar-refractivity contribution < 1.29 is 15.0 Å². The molecule has 0 radical (unpaired) electrons. The van der Waals surface area contributed by atoms with E-state index in [1.54, 1.807) is 6.08 Å². The van der Waals surface area contributed by atoms with Gasteiger partial charge in [0.05, 0.1) is 11.0 Å². The third kappa shape index (κ3) is 3.14. The fourth-order valence-corrected chi connectivity index (χ4v) is 2.25. The Morgan fingerprint density at radius 3 is 2.88 bits per heavy atom. The molecule has 0 spiro atoms. The molecule has 0 saturated heterocycles. The van der Waals surface area contributed by atoms with Gasteiger partial charge in [0.2, 0.25) is 11.8 Å². The first kappa shape index (κ1) is 15.4. The van der Waals surface area contributed by atoms with Gasteiger partial charge in [0.25, 0.3) is 0 Å². The summed E-state index contributed by atoms with van der Waals surface area (Å²) in [5.74, 6) is -1.03. The third-order valence-corrected chi connectivity index (χ3v) is 3.34. The van der Waals surface area contributed by atoms with Crippen molar-refractivity contribution in [2.75, 3.05) is 11.9 Å². The van der Waals surface area contributed by atoms with Crippen molar-refractivity contribution in [1.29, 1.82) is 0 Å². The largest absolute Gasteiger partial charge is 0.493 e. The van der Waals surface area contributed by atoms with Gasteiger partial charge >= 0.3 is 11.7 Å². The van der Waals surface area contributed by atoms with Crippen molar-refractivity contribution in [3.05, 3.63) is 46.5 Å². The van der Waals surface area contributed by atoms with Crippen LogP contribution < -0.4 is 11.0 Å². The summed E-state index contributed by atoms with van der Waals surface area (Å²) in [5, 5.41) is 21.6. The average Bonchev–Trinajstić information content (AvgIpc) is 3.07. The Kier molecular flexibility index (Phi) is 4.06. The topological polar surface area (TPSA) is 136 Å². The third-order valence-electron chi connectivity index (χ3n) is 3.34. The van der Waals surface area contributed by atoms with E-state index in [1.807, 2.05) is 24.3 Å². The molecule has 0 atom stereocenters. The summed E-state index contributed by atoms with van der Waals surface area (Å²) in [6.45, 7) is -0.211. The lowest BCUT2D eigenvalue weighted by Crippen LogP contribution is -2.21. The van der Waals surface area contributed by atoms with Gasteiger partial charge in [0.1, 0.15) is 12.2 Å². The molecule has 0 amide bonds. The highest BCUT2D eigenvalue weighted by Gasteiger charge is 2.13. The molecule has 3 aromatic rings. The summed E-state index contributed by atoms with van der Waals surface area (Å²) in [7, 11) is 0. The van der Waals surface area contributed by atoms with Crippen LogP contribution in [0.4, 0.5) is 5.95 Å². The van der Waals surface area contributed by atoms with Gasteiger partial charge in [0.15, 0.2) is 0 Å². The van der Waals surface area contributed by atoms with E-state index in [1.165, 1.54) is 6.08 Å². The molecule has 124 valence electrons. The highest BCUT2D eigenvalue weighted by atomic mass is 16.4. The van der Waals surface area contributed by atoms with Crippen LogP contribution in [0, 0.1) is 0 Å². The first-order valence-electron chi connectivity index (χ1n) is 7.13. The van der Waals surface area contributed by atoms with E-state index in [0.717, 1.165) is 15.6 Å². The maximum absolute atomic E-state index is 11.6. The number of rotatable bonds is 6. The second kappa shape index (κ2) is 6.32. The number of carboxylic acids is 1. The fourth-order valence-electron chi connectivity index (χ4n) is 2.25. The fraction of sp³-hybridized carbons (Fsp3) is 0.133. The van der Waals surface area contributed by atoms with E-state index in [-0.39, 0.29) is 5.69 Å². The number of hydrogen-bond acceptors (Lipinski definition) is 5. The Labute approximate surface area is 135 Å². The summed E-state index contributed by atoms with van der Waals surface area (Å²) in [6.07, 6.45) is 3.16. The SMILES string of the molecule is O=C(O)Cn1c(O)c(C=CCNc2nc3ccccc3[nH]2)[nH]c1=O. The van der Waals surface area contributed by atoms with E-state index < -0.39 is 24.1 Å². The number of anilines is 1. The second-order valence-corrected chi connectivity index (χ2v) is 5.03. The summed E-state index contributed by atoms with van der Waals surface area (Å²) in [5.41, 5.74) is 1.22. The predicted molar refractivity (Wildman–Crippen MR) is 88.0 cm³/mol. The van der Waals surface area contributed by atoms with Crippen LogP contribution in [0.15, 0.2) is 35.1 Å². The number of hydrogen-bond donors (Lipinski definition) is 5. The molecule has 1 aromatic carbocycles. The number of aliphatic carboxylic acids is 1. The van der Waals surface area contributed by atoms with Crippen LogP contribution in [0.2, 0.25) is 0 Å². The molecule has 0 aliphatic heterocycles. The van der Waals surface area contributed by atoms with Crippen molar-refractivity contribution in [1.82, 2.24) is 19.5 Å². The number of para-hydroxylation sites is 2. The zero-order valence-electron chi connectivity index (χ0n) is 12.5. The molecule has 0 unspecified atom stereocenters. The van der Waals surface area contributed by atoms with E-state index in [0.29, 0.717) is 12.5 Å². The zero-order valence-corrected chi connectivity index (χ0v) is 12.5. The Hall–Kier alpha value is -3.49. The number of benzene rings is 1. The average molecular weight is 329 g/mol. The molecule has 2 heterocycles. The molecule has 3 rings (SSSR count). The van der Waals surface area contributed by atoms with E-state index in [9.17, 15) is 14.7 Å². The lowest BCUT2D eigenvalue weighted by Gasteiger charge is -1.98. The zero-order chi connectivity index (χ0) is 17.1. The molecule has 0 aliphatic rings. The summed E-state index contributed by atoms with van der Waals surface area (Å²) >= 11 is 0. The second-order valence-electron chi connectivity index (χ2n) is 5.03. The minimum atomic E-state index is -1.21. The number of carbonyl (C=O) groups is 1. The maximum atomic E-state index is 11.6. The molecular formula is C15H15N5O4. The van der Waals surface area contributed by atoms with Crippen molar-refractivity contribution in [3.63, 3.8) is 0 Å². The molecule has 2 aromatic heterocycles. The Bertz CT molecular complexity index is 933. The molecule has 0 bridgehead atoms. The summed E-state index contributed by atoms with van der Waals surface area (Å²) in [4.78, 5) is 32.1. The van der Waals surface area contributed by atoms with Crippen molar-refractivity contribution in [2.24, 2.45) is 0 Å². The molecular weight excluding hydrogens is 314 g/mol. The van der Waals surface area contributed by atoms with E-state index in [4.69, 9.17) is 5.11 Å². The van der Waals surface area contributed by atoms with Crippen LogP contribution in [-0.2, 0) is 11.3 Å². The number of aromatic nitrogens is 4. The van der Waals surface area contributed by atoms with Crippen LogP contribution in [0.25, 0.3) is 17.1 Å². The van der Waals surface area contributed by atoms with Crippen molar-refractivity contribution in [2.45, 2.75) is 6.54 Å². The number of aromatic amines is 2. The number of nitrogens with zero attached hydrogens (tertiary/aromatic N) is 2. The predicted octanol–water partition coefficient (Wildman–Crippen LogP) is 0.968. The minimum absolute atomic E-state index is 0.146.